The molecule has 0 bridgehead atoms. The highest BCUT2D eigenvalue weighted by atomic mass is 19.4. The number of carbonyl (C=O) groups excluding carboxylic acids is 1. The van der Waals surface area contributed by atoms with Crippen molar-refractivity contribution in [1.82, 2.24) is 9.88 Å². The number of ether oxygens (including phenoxy) is 1. The zero-order valence-corrected chi connectivity index (χ0v) is 13.0. The van der Waals surface area contributed by atoms with Gasteiger partial charge in [0.05, 0.1) is 5.69 Å². The van der Waals surface area contributed by atoms with Crippen molar-refractivity contribution in [2.45, 2.75) is 38.1 Å². The third-order valence-corrected chi connectivity index (χ3v) is 4.56. The molecule has 1 saturated heterocycles. The molecule has 1 spiro atoms. The molecule has 3 rings (SSSR count). The summed E-state index contributed by atoms with van der Waals surface area (Å²) in [7, 11) is 0. The average Bonchev–Trinajstić information content (AvgIpc) is 2.46. The molecule has 0 aromatic carbocycles. The topological polar surface area (TPSA) is 68.5 Å². The van der Waals surface area contributed by atoms with Crippen LogP contribution >= 0.6 is 0 Å². The maximum absolute atomic E-state index is 13.1. The summed E-state index contributed by atoms with van der Waals surface area (Å²) in [6.45, 7) is 0.0458. The standard InChI is InChI=1S/C15H16F5N3O2/c16-12(17)11-10(2-1-8(5-21)22-11)25-9-3-14(4-9)6-23(7-14)13(24)15(18,19)20/h1-2,9,12H,3-7,21H2. The van der Waals surface area contributed by atoms with Gasteiger partial charge >= 0.3 is 12.1 Å². The molecule has 0 unspecified atom stereocenters. The number of carbonyl (C=O) groups is 1. The van der Waals surface area contributed by atoms with Gasteiger partial charge in [-0.05, 0) is 25.0 Å². The summed E-state index contributed by atoms with van der Waals surface area (Å²) in [5, 5.41) is 0. The van der Waals surface area contributed by atoms with Crippen molar-refractivity contribution in [2.75, 3.05) is 13.1 Å². The highest BCUT2D eigenvalue weighted by Gasteiger charge is 2.58. The molecule has 2 heterocycles. The Bertz CT molecular complexity index is 666. The third-order valence-electron chi connectivity index (χ3n) is 4.56. The number of hydrogen-bond acceptors (Lipinski definition) is 4. The molecular formula is C15H16F5N3O2. The van der Waals surface area contributed by atoms with E-state index in [-0.39, 0.29) is 31.5 Å². The van der Waals surface area contributed by atoms with E-state index in [0.717, 1.165) is 4.90 Å². The molecule has 0 radical (unpaired) electrons. The van der Waals surface area contributed by atoms with E-state index in [1.54, 1.807) is 0 Å². The zero-order valence-electron chi connectivity index (χ0n) is 13.0. The van der Waals surface area contributed by atoms with Crippen LogP contribution in [0.15, 0.2) is 12.1 Å². The smallest absolute Gasteiger partial charge is 0.471 e. The molecule has 0 atom stereocenters. The molecule has 1 aliphatic carbocycles. The molecule has 1 amide bonds. The van der Waals surface area contributed by atoms with Crippen LogP contribution in [-0.2, 0) is 11.3 Å². The quantitative estimate of drug-likeness (QED) is 0.832. The van der Waals surface area contributed by atoms with E-state index in [0.29, 0.717) is 18.5 Å². The van der Waals surface area contributed by atoms with Gasteiger partial charge in [0.1, 0.15) is 17.5 Å². The Morgan fingerprint density at radius 1 is 1.36 bits per heavy atom. The second kappa shape index (κ2) is 6.08. The van der Waals surface area contributed by atoms with Crippen LogP contribution in [0.2, 0.25) is 0 Å². The highest BCUT2D eigenvalue weighted by molar-refractivity contribution is 5.82. The molecule has 5 nitrogen and oxygen atoms in total. The summed E-state index contributed by atoms with van der Waals surface area (Å²) >= 11 is 0. The maximum Gasteiger partial charge on any atom is 0.471 e. The van der Waals surface area contributed by atoms with E-state index in [4.69, 9.17) is 10.5 Å². The van der Waals surface area contributed by atoms with Gasteiger partial charge in [-0.2, -0.15) is 13.2 Å². The van der Waals surface area contributed by atoms with Crippen molar-refractivity contribution in [3.8, 4) is 5.75 Å². The number of alkyl halides is 5. The van der Waals surface area contributed by atoms with Crippen molar-refractivity contribution < 1.29 is 31.5 Å². The number of aromatic nitrogens is 1. The maximum atomic E-state index is 13.1. The van der Waals surface area contributed by atoms with Crippen LogP contribution < -0.4 is 10.5 Å². The normalized spacial score (nSPS) is 19.7. The van der Waals surface area contributed by atoms with Gasteiger partial charge in [-0.1, -0.05) is 0 Å². The first-order valence-electron chi connectivity index (χ1n) is 7.64. The van der Waals surface area contributed by atoms with E-state index in [2.05, 4.69) is 4.98 Å². The third kappa shape index (κ3) is 3.39. The van der Waals surface area contributed by atoms with Gasteiger partial charge in [0.25, 0.3) is 6.43 Å². The van der Waals surface area contributed by atoms with Gasteiger partial charge in [0.15, 0.2) is 0 Å². The molecule has 138 valence electrons. The number of rotatable bonds is 4. The molecule has 2 fully saturated rings. The first kappa shape index (κ1) is 17.8. The Labute approximate surface area is 139 Å². The molecule has 25 heavy (non-hydrogen) atoms. The van der Waals surface area contributed by atoms with Gasteiger partial charge < -0.3 is 15.4 Å². The van der Waals surface area contributed by atoms with Crippen LogP contribution in [0.25, 0.3) is 0 Å². The molecular weight excluding hydrogens is 349 g/mol. The number of hydrogen-bond donors (Lipinski definition) is 1. The van der Waals surface area contributed by atoms with Crippen LogP contribution in [0.1, 0.15) is 30.7 Å². The summed E-state index contributed by atoms with van der Waals surface area (Å²) in [5.74, 6) is -1.89. The Hall–Kier alpha value is -1.97. The predicted octanol–water partition coefficient (Wildman–Crippen LogP) is 2.41. The number of likely N-dealkylation sites (tertiary alicyclic amines) is 1. The Morgan fingerprint density at radius 2 is 2.00 bits per heavy atom. The minimum Gasteiger partial charge on any atom is -0.488 e. The fraction of sp³-hybridized carbons (Fsp3) is 0.600. The lowest BCUT2D eigenvalue weighted by molar-refractivity contribution is -0.205. The van der Waals surface area contributed by atoms with Crippen molar-refractivity contribution in [2.24, 2.45) is 11.1 Å². The lowest BCUT2D eigenvalue weighted by Crippen LogP contribution is -2.67. The van der Waals surface area contributed by atoms with Crippen molar-refractivity contribution in [3.63, 3.8) is 0 Å². The van der Waals surface area contributed by atoms with Gasteiger partial charge in [-0.15, -0.1) is 0 Å². The summed E-state index contributed by atoms with van der Waals surface area (Å²) in [6.07, 6.45) is -7.25. The number of pyridine rings is 1. The van der Waals surface area contributed by atoms with Crippen LogP contribution in [-0.4, -0.2) is 41.2 Å². The SMILES string of the molecule is NCc1ccc(OC2CC3(C2)CN(C(=O)C(F)(F)F)C3)c(C(F)F)n1. The van der Waals surface area contributed by atoms with Crippen molar-refractivity contribution in [1.29, 1.82) is 0 Å². The van der Waals surface area contributed by atoms with Crippen molar-refractivity contribution >= 4 is 5.91 Å². The fourth-order valence-corrected chi connectivity index (χ4v) is 3.39. The largest absolute Gasteiger partial charge is 0.488 e. The highest BCUT2D eigenvalue weighted by Crippen LogP contribution is 2.50. The summed E-state index contributed by atoms with van der Waals surface area (Å²) in [5.41, 5.74) is 4.79. The van der Waals surface area contributed by atoms with Crippen LogP contribution in [0.5, 0.6) is 5.75 Å². The Balaban J connectivity index is 1.56. The fourth-order valence-electron chi connectivity index (χ4n) is 3.39. The molecule has 10 heteroatoms. The Kier molecular flexibility index (Phi) is 4.34. The molecule has 1 aliphatic heterocycles. The number of halogens is 5. The van der Waals surface area contributed by atoms with E-state index in [9.17, 15) is 26.7 Å². The van der Waals surface area contributed by atoms with Gasteiger partial charge in [0.2, 0.25) is 0 Å². The first-order chi connectivity index (χ1) is 11.6. The molecule has 1 aromatic heterocycles. The first-order valence-corrected chi connectivity index (χ1v) is 7.64. The van der Waals surface area contributed by atoms with E-state index in [1.165, 1.54) is 12.1 Å². The van der Waals surface area contributed by atoms with Gasteiger partial charge in [-0.25, -0.2) is 13.8 Å². The number of nitrogens with two attached hydrogens (primary N) is 1. The minimum absolute atomic E-state index is 0.0112. The molecule has 1 aromatic rings. The Morgan fingerprint density at radius 3 is 2.52 bits per heavy atom. The van der Waals surface area contributed by atoms with Crippen LogP contribution in [0.4, 0.5) is 22.0 Å². The molecule has 2 N–H and O–H groups in total. The lowest BCUT2D eigenvalue weighted by atomic mass is 9.61. The van der Waals surface area contributed by atoms with E-state index < -0.39 is 29.6 Å². The zero-order chi connectivity index (χ0) is 18.4. The molecule has 2 aliphatic rings. The second-order valence-electron chi connectivity index (χ2n) is 6.50. The molecule has 1 saturated carbocycles. The summed E-state index contributed by atoms with van der Waals surface area (Å²) in [4.78, 5) is 15.6. The lowest BCUT2D eigenvalue weighted by Gasteiger charge is -2.58. The monoisotopic (exact) mass is 365 g/mol. The van der Waals surface area contributed by atoms with E-state index in [1.807, 2.05) is 0 Å². The predicted molar refractivity (Wildman–Crippen MR) is 75.8 cm³/mol. The van der Waals surface area contributed by atoms with Gasteiger partial charge in [-0.3, -0.25) is 4.79 Å². The van der Waals surface area contributed by atoms with Gasteiger partial charge in [0, 0.05) is 25.0 Å². The number of nitrogens with zero attached hydrogens (tertiary/aromatic N) is 2. The minimum atomic E-state index is -4.87. The summed E-state index contributed by atoms with van der Waals surface area (Å²) < 4.78 is 68.7. The van der Waals surface area contributed by atoms with Crippen molar-refractivity contribution in [3.05, 3.63) is 23.5 Å². The van der Waals surface area contributed by atoms with E-state index >= 15 is 0 Å². The summed E-state index contributed by atoms with van der Waals surface area (Å²) in [6, 6.07) is 2.87. The number of amides is 1. The average molecular weight is 365 g/mol. The van der Waals surface area contributed by atoms with Crippen LogP contribution in [0.3, 0.4) is 0 Å². The van der Waals surface area contributed by atoms with Crippen LogP contribution in [0, 0.1) is 5.41 Å². The second-order valence-corrected chi connectivity index (χ2v) is 6.50.